The van der Waals surface area contributed by atoms with Crippen molar-refractivity contribution in [2.24, 2.45) is 0 Å². The van der Waals surface area contributed by atoms with Crippen LogP contribution in [0.1, 0.15) is 25.7 Å². The van der Waals surface area contributed by atoms with Gasteiger partial charge in [-0.3, -0.25) is 4.79 Å². The average Bonchev–Trinajstić information content (AvgIpc) is 2.58. The summed E-state index contributed by atoms with van der Waals surface area (Å²) in [5, 5.41) is 8.64. The minimum absolute atomic E-state index is 0.130. The largest absolute Gasteiger partial charge is 0.481 e. The van der Waals surface area contributed by atoms with Crippen LogP contribution in [0.15, 0.2) is 85.6 Å². The van der Waals surface area contributed by atoms with E-state index < -0.39 is 5.97 Å². The molecule has 0 unspecified atom stereocenters. The summed E-state index contributed by atoms with van der Waals surface area (Å²) >= 11 is 0. The minimum atomic E-state index is -0.792. The van der Waals surface area contributed by atoms with Crippen LogP contribution in [-0.2, 0) is 14.6 Å². The van der Waals surface area contributed by atoms with E-state index >= 15 is 0 Å². The molecule has 0 radical (unpaired) electrons. The maximum Gasteiger partial charge on any atom is 0.303 e. The van der Waals surface area contributed by atoms with Gasteiger partial charge in [0.05, 0.1) is 13.2 Å². The van der Waals surface area contributed by atoms with Gasteiger partial charge in [0.15, 0.2) is 0 Å². The third-order valence-corrected chi connectivity index (χ3v) is 2.93. The summed E-state index contributed by atoms with van der Waals surface area (Å²) in [7, 11) is 1.46. The highest BCUT2D eigenvalue weighted by molar-refractivity contribution is 5.66. The van der Waals surface area contributed by atoms with Crippen LogP contribution in [-0.4, -0.2) is 24.3 Å². The molecule has 4 heteroatoms. The first-order valence-corrected chi connectivity index (χ1v) is 8.22. The molecular formula is C21H28O4. The van der Waals surface area contributed by atoms with Crippen molar-refractivity contribution in [1.29, 1.82) is 0 Å². The Hall–Kier alpha value is -2.43. The Kier molecular flexibility index (Phi) is 16.2. The van der Waals surface area contributed by atoms with Crippen LogP contribution in [0, 0.1) is 0 Å². The van der Waals surface area contributed by atoms with Gasteiger partial charge in [0.25, 0.3) is 0 Å². The van der Waals surface area contributed by atoms with Crippen molar-refractivity contribution in [3.63, 3.8) is 0 Å². The van der Waals surface area contributed by atoms with Gasteiger partial charge in [-0.25, -0.2) is 9.78 Å². The molecule has 0 rings (SSSR count). The monoisotopic (exact) mass is 344 g/mol. The third-order valence-electron chi connectivity index (χ3n) is 2.93. The molecule has 0 bridgehead atoms. The van der Waals surface area contributed by atoms with Crippen LogP contribution in [0.4, 0.5) is 0 Å². The second-order valence-corrected chi connectivity index (χ2v) is 4.99. The molecule has 0 aliphatic rings. The van der Waals surface area contributed by atoms with Crippen molar-refractivity contribution in [2.45, 2.75) is 31.8 Å². The molecule has 0 aromatic rings. The number of aliphatic carboxylic acids is 1. The fourth-order valence-electron chi connectivity index (χ4n) is 1.79. The smallest absolute Gasteiger partial charge is 0.303 e. The Morgan fingerprint density at radius 2 is 1.48 bits per heavy atom. The van der Waals surface area contributed by atoms with E-state index in [-0.39, 0.29) is 12.5 Å². The lowest BCUT2D eigenvalue weighted by molar-refractivity contribution is -0.305. The molecule has 0 aliphatic carbocycles. The predicted octanol–water partition coefficient (Wildman–Crippen LogP) is 5.10. The normalized spacial score (nSPS) is 14.1. The van der Waals surface area contributed by atoms with Crippen molar-refractivity contribution in [3.05, 3.63) is 85.6 Å². The molecule has 0 heterocycles. The molecule has 0 spiro atoms. The van der Waals surface area contributed by atoms with E-state index in [9.17, 15) is 4.79 Å². The number of hydrogen-bond donors (Lipinski definition) is 1. The van der Waals surface area contributed by atoms with Crippen molar-refractivity contribution in [2.75, 3.05) is 7.11 Å². The Morgan fingerprint density at radius 3 is 1.96 bits per heavy atom. The van der Waals surface area contributed by atoms with E-state index in [1.54, 1.807) is 6.08 Å². The van der Waals surface area contributed by atoms with E-state index in [0.29, 0.717) is 19.3 Å². The standard InChI is InChI=1S/C21H28O4/c1-3-4-5-6-7-8-9-10-11-12-13-14-15-17-20(25-24-2)18-16-19-21(22)23/h3-15,20H,1,16-19H2,2H3,(H,22,23)/b5-4+,7-6-,9-8+,11-10+,13-12-,15-14-/t20-/m0/s1. The molecule has 25 heavy (non-hydrogen) atoms. The summed E-state index contributed by atoms with van der Waals surface area (Å²) in [6, 6.07) is 0. The van der Waals surface area contributed by atoms with Crippen molar-refractivity contribution in [1.82, 2.24) is 0 Å². The second kappa shape index (κ2) is 17.9. The molecule has 0 fully saturated rings. The van der Waals surface area contributed by atoms with Gasteiger partial charge in [0.1, 0.15) is 0 Å². The zero-order valence-corrected chi connectivity index (χ0v) is 14.8. The van der Waals surface area contributed by atoms with Gasteiger partial charge in [-0.1, -0.05) is 85.6 Å². The average molecular weight is 344 g/mol. The number of rotatable bonds is 14. The van der Waals surface area contributed by atoms with Crippen molar-refractivity contribution >= 4 is 5.97 Å². The summed E-state index contributed by atoms with van der Waals surface area (Å²) in [4.78, 5) is 20.3. The summed E-state index contributed by atoms with van der Waals surface area (Å²) in [5.41, 5.74) is 0. The van der Waals surface area contributed by atoms with Crippen molar-refractivity contribution < 1.29 is 19.7 Å². The Labute approximate surface area is 150 Å². The fourth-order valence-corrected chi connectivity index (χ4v) is 1.79. The first-order valence-electron chi connectivity index (χ1n) is 8.22. The topological polar surface area (TPSA) is 55.8 Å². The third kappa shape index (κ3) is 17.8. The Morgan fingerprint density at radius 1 is 0.960 bits per heavy atom. The Bertz CT molecular complexity index is 522. The highest BCUT2D eigenvalue weighted by Crippen LogP contribution is 2.10. The Balaban J connectivity index is 4.03. The number of carboxylic acid groups (broad SMARTS) is 1. The molecular weight excluding hydrogens is 316 g/mol. The quantitative estimate of drug-likeness (QED) is 0.270. The van der Waals surface area contributed by atoms with Crippen LogP contribution in [0.3, 0.4) is 0 Å². The van der Waals surface area contributed by atoms with E-state index in [1.165, 1.54) is 7.11 Å². The van der Waals surface area contributed by atoms with E-state index in [4.69, 9.17) is 14.9 Å². The molecule has 0 aliphatic heterocycles. The molecule has 136 valence electrons. The lowest BCUT2D eigenvalue weighted by Gasteiger charge is -2.12. The molecule has 0 amide bonds. The number of allylic oxidation sites excluding steroid dienone is 12. The molecule has 0 saturated heterocycles. The lowest BCUT2D eigenvalue weighted by atomic mass is 10.1. The van der Waals surface area contributed by atoms with Crippen LogP contribution in [0.5, 0.6) is 0 Å². The predicted molar refractivity (Wildman–Crippen MR) is 103 cm³/mol. The highest BCUT2D eigenvalue weighted by Gasteiger charge is 2.08. The van der Waals surface area contributed by atoms with Crippen LogP contribution >= 0.6 is 0 Å². The zero-order valence-electron chi connectivity index (χ0n) is 14.8. The number of carboxylic acids is 1. The number of carbonyl (C=O) groups is 1. The van der Waals surface area contributed by atoms with E-state index in [0.717, 1.165) is 0 Å². The van der Waals surface area contributed by atoms with Gasteiger partial charge in [-0.05, 0) is 19.3 Å². The van der Waals surface area contributed by atoms with Gasteiger partial charge in [0, 0.05) is 6.42 Å². The van der Waals surface area contributed by atoms with Crippen LogP contribution < -0.4 is 0 Å². The second-order valence-electron chi connectivity index (χ2n) is 4.99. The molecule has 1 N–H and O–H groups in total. The summed E-state index contributed by atoms with van der Waals surface area (Å²) in [6.07, 6.45) is 26.8. The van der Waals surface area contributed by atoms with Gasteiger partial charge in [0.2, 0.25) is 0 Å². The van der Waals surface area contributed by atoms with Gasteiger partial charge >= 0.3 is 5.97 Å². The first kappa shape index (κ1) is 22.6. The van der Waals surface area contributed by atoms with E-state index in [1.807, 2.05) is 72.9 Å². The van der Waals surface area contributed by atoms with Crippen LogP contribution in [0.2, 0.25) is 0 Å². The summed E-state index contributed by atoms with van der Waals surface area (Å²) < 4.78 is 0. The maximum absolute atomic E-state index is 10.5. The van der Waals surface area contributed by atoms with Gasteiger partial charge in [-0.15, -0.1) is 0 Å². The molecule has 1 atom stereocenters. The van der Waals surface area contributed by atoms with Gasteiger partial charge < -0.3 is 5.11 Å². The zero-order chi connectivity index (χ0) is 18.6. The summed E-state index contributed by atoms with van der Waals surface area (Å²) in [6.45, 7) is 3.59. The molecule has 0 aromatic heterocycles. The first-order chi connectivity index (χ1) is 12.2. The van der Waals surface area contributed by atoms with Gasteiger partial charge in [-0.2, -0.15) is 0 Å². The lowest BCUT2D eigenvalue weighted by Crippen LogP contribution is -2.12. The minimum Gasteiger partial charge on any atom is -0.481 e. The van der Waals surface area contributed by atoms with Crippen LogP contribution in [0.25, 0.3) is 0 Å². The molecule has 0 aromatic carbocycles. The molecule has 4 nitrogen and oxygen atoms in total. The maximum atomic E-state index is 10.5. The van der Waals surface area contributed by atoms with Crippen molar-refractivity contribution in [3.8, 4) is 0 Å². The highest BCUT2D eigenvalue weighted by atomic mass is 17.2. The number of hydrogen-bond acceptors (Lipinski definition) is 3. The molecule has 0 saturated carbocycles. The van der Waals surface area contributed by atoms with E-state index in [2.05, 4.69) is 6.58 Å². The fraction of sp³-hybridized carbons (Fsp3) is 0.286. The SMILES string of the molecule is C=C/C=C/C=C\C=C\C=C\C=C/C=C\C[C@@H](CCCC(=O)O)OOC. The summed E-state index contributed by atoms with van der Waals surface area (Å²) in [5.74, 6) is -0.792.